The lowest BCUT2D eigenvalue weighted by atomic mass is 9.99. The molecule has 11 heavy (non-hydrogen) atoms. The predicted octanol–water partition coefficient (Wildman–Crippen LogP) is 1.75. The average molecular weight is 154 g/mol. The minimum absolute atomic E-state index is 0.0845. The van der Waals surface area contributed by atoms with Crippen molar-refractivity contribution in [2.45, 2.75) is 27.7 Å². The van der Waals surface area contributed by atoms with Crippen molar-refractivity contribution in [3.63, 3.8) is 0 Å². The summed E-state index contributed by atoms with van der Waals surface area (Å²) >= 11 is 0. The van der Waals surface area contributed by atoms with Gasteiger partial charge in [-0.05, 0) is 27.7 Å². The topological polar surface area (TPSA) is 34.1 Å². The standard InChI is InChI=1S/C9H14O2/c1-6(2)5-9(7(3)10)8(4)11/h5,9H,1-4H3. The highest BCUT2D eigenvalue weighted by Crippen LogP contribution is 2.05. The third-order valence-corrected chi connectivity index (χ3v) is 1.38. The maximum absolute atomic E-state index is 10.9. The van der Waals surface area contributed by atoms with Crippen LogP contribution in [0.1, 0.15) is 27.7 Å². The molecule has 0 saturated heterocycles. The Labute approximate surface area is 67.3 Å². The summed E-state index contributed by atoms with van der Waals surface area (Å²) in [7, 11) is 0. The molecule has 0 radical (unpaired) electrons. The van der Waals surface area contributed by atoms with Gasteiger partial charge in [0.25, 0.3) is 0 Å². The van der Waals surface area contributed by atoms with Gasteiger partial charge in [-0.1, -0.05) is 11.6 Å². The van der Waals surface area contributed by atoms with Crippen molar-refractivity contribution in [1.82, 2.24) is 0 Å². The van der Waals surface area contributed by atoms with Gasteiger partial charge in [-0.25, -0.2) is 0 Å². The summed E-state index contributed by atoms with van der Waals surface area (Å²) < 4.78 is 0. The van der Waals surface area contributed by atoms with Crippen LogP contribution in [0.25, 0.3) is 0 Å². The van der Waals surface area contributed by atoms with Gasteiger partial charge in [0.2, 0.25) is 0 Å². The van der Waals surface area contributed by atoms with Crippen LogP contribution in [0.4, 0.5) is 0 Å². The molecular weight excluding hydrogens is 140 g/mol. The number of carbonyl (C=O) groups is 2. The van der Waals surface area contributed by atoms with E-state index in [4.69, 9.17) is 0 Å². The highest BCUT2D eigenvalue weighted by Gasteiger charge is 2.15. The second kappa shape index (κ2) is 4.06. The van der Waals surface area contributed by atoms with E-state index in [-0.39, 0.29) is 11.6 Å². The number of carbonyl (C=O) groups excluding carboxylic acids is 2. The van der Waals surface area contributed by atoms with Crippen LogP contribution in [0.5, 0.6) is 0 Å². The van der Waals surface area contributed by atoms with Crippen LogP contribution < -0.4 is 0 Å². The third kappa shape index (κ3) is 3.71. The van der Waals surface area contributed by atoms with E-state index in [9.17, 15) is 9.59 Å². The Bertz CT molecular complexity index is 184. The van der Waals surface area contributed by atoms with E-state index >= 15 is 0 Å². The largest absolute Gasteiger partial charge is 0.299 e. The molecule has 0 fully saturated rings. The molecule has 0 atom stereocenters. The number of hydrogen-bond acceptors (Lipinski definition) is 2. The van der Waals surface area contributed by atoms with Gasteiger partial charge < -0.3 is 0 Å². The van der Waals surface area contributed by atoms with Gasteiger partial charge in [-0.2, -0.15) is 0 Å². The SMILES string of the molecule is CC(=O)C(C=C(C)C)C(C)=O. The lowest BCUT2D eigenvalue weighted by Crippen LogP contribution is -2.16. The first kappa shape index (κ1) is 10.1. The Kier molecular flexibility index (Phi) is 3.72. The first-order valence-corrected chi connectivity index (χ1v) is 3.61. The molecule has 0 unspecified atom stereocenters. The first-order valence-electron chi connectivity index (χ1n) is 3.61. The van der Waals surface area contributed by atoms with Crippen molar-refractivity contribution < 1.29 is 9.59 Å². The summed E-state index contributed by atoms with van der Waals surface area (Å²) in [5.74, 6) is -0.697. The molecule has 0 rings (SSSR count). The molecule has 2 nitrogen and oxygen atoms in total. The number of ketones is 2. The number of allylic oxidation sites excluding steroid dienone is 2. The van der Waals surface area contributed by atoms with Gasteiger partial charge in [0.15, 0.2) is 0 Å². The molecule has 0 saturated carbocycles. The third-order valence-electron chi connectivity index (χ3n) is 1.38. The predicted molar refractivity (Wildman–Crippen MR) is 44.3 cm³/mol. The van der Waals surface area contributed by atoms with E-state index < -0.39 is 5.92 Å². The average Bonchev–Trinajstić information content (AvgIpc) is 1.81. The van der Waals surface area contributed by atoms with Crippen LogP contribution >= 0.6 is 0 Å². The van der Waals surface area contributed by atoms with Crippen molar-refractivity contribution >= 4 is 11.6 Å². The molecule has 0 aromatic heterocycles. The van der Waals surface area contributed by atoms with E-state index in [0.717, 1.165) is 5.57 Å². The summed E-state index contributed by atoms with van der Waals surface area (Å²) in [4.78, 5) is 21.7. The van der Waals surface area contributed by atoms with Crippen LogP contribution in [0, 0.1) is 5.92 Å². The Balaban J connectivity index is 4.49. The molecule has 0 aliphatic heterocycles. The molecule has 0 amide bonds. The Morgan fingerprint density at radius 3 is 1.45 bits per heavy atom. The highest BCUT2D eigenvalue weighted by molar-refractivity contribution is 6.02. The molecule has 0 bridgehead atoms. The summed E-state index contributed by atoms with van der Waals surface area (Å²) in [6, 6.07) is 0. The zero-order valence-electron chi connectivity index (χ0n) is 7.47. The Morgan fingerprint density at radius 2 is 1.36 bits per heavy atom. The minimum Gasteiger partial charge on any atom is -0.299 e. The lowest BCUT2D eigenvalue weighted by Gasteiger charge is -2.03. The summed E-state index contributed by atoms with van der Waals surface area (Å²) in [5.41, 5.74) is 1.00. The Morgan fingerprint density at radius 1 is 1.00 bits per heavy atom. The van der Waals surface area contributed by atoms with Crippen LogP contribution in [-0.4, -0.2) is 11.6 Å². The van der Waals surface area contributed by atoms with Crippen LogP contribution in [0.15, 0.2) is 11.6 Å². The second-order valence-electron chi connectivity index (χ2n) is 2.94. The van der Waals surface area contributed by atoms with Crippen molar-refractivity contribution in [2.24, 2.45) is 5.92 Å². The normalized spacial score (nSPS) is 9.55. The molecule has 2 heteroatoms. The Hall–Kier alpha value is -0.920. The number of rotatable bonds is 3. The van der Waals surface area contributed by atoms with Crippen LogP contribution in [0.2, 0.25) is 0 Å². The smallest absolute Gasteiger partial charge is 0.144 e. The lowest BCUT2D eigenvalue weighted by molar-refractivity contribution is -0.128. The molecule has 0 aliphatic carbocycles. The van der Waals surface area contributed by atoms with Gasteiger partial charge in [0, 0.05) is 0 Å². The molecular formula is C9H14O2. The molecule has 0 spiro atoms. The van der Waals surface area contributed by atoms with Crippen LogP contribution in [0.3, 0.4) is 0 Å². The van der Waals surface area contributed by atoms with Gasteiger partial charge >= 0.3 is 0 Å². The fourth-order valence-electron chi connectivity index (χ4n) is 0.854. The zero-order chi connectivity index (χ0) is 9.02. The van der Waals surface area contributed by atoms with Crippen molar-refractivity contribution in [1.29, 1.82) is 0 Å². The summed E-state index contributed by atoms with van der Waals surface area (Å²) in [6.07, 6.45) is 1.70. The van der Waals surface area contributed by atoms with Gasteiger partial charge in [0.1, 0.15) is 11.6 Å². The van der Waals surface area contributed by atoms with E-state index in [2.05, 4.69) is 0 Å². The fourth-order valence-corrected chi connectivity index (χ4v) is 0.854. The minimum atomic E-state index is -0.528. The van der Waals surface area contributed by atoms with E-state index in [1.165, 1.54) is 13.8 Å². The second-order valence-corrected chi connectivity index (χ2v) is 2.94. The molecule has 0 N–H and O–H groups in total. The van der Waals surface area contributed by atoms with Gasteiger partial charge in [0.05, 0.1) is 5.92 Å². The van der Waals surface area contributed by atoms with E-state index in [1.54, 1.807) is 6.08 Å². The summed E-state index contributed by atoms with van der Waals surface area (Å²) in [5, 5.41) is 0. The summed E-state index contributed by atoms with van der Waals surface area (Å²) in [6.45, 7) is 6.62. The maximum atomic E-state index is 10.9. The monoisotopic (exact) mass is 154 g/mol. The van der Waals surface area contributed by atoms with Gasteiger partial charge in [-0.3, -0.25) is 9.59 Å². The number of Topliss-reactive ketones (excluding diaryl/α,β-unsaturated/α-hetero) is 2. The quantitative estimate of drug-likeness (QED) is 0.458. The van der Waals surface area contributed by atoms with Crippen molar-refractivity contribution in [3.8, 4) is 0 Å². The van der Waals surface area contributed by atoms with Crippen LogP contribution in [-0.2, 0) is 9.59 Å². The molecule has 62 valence electrons. The van der Waals surface area contributed by atoms with Crippen molar-refractivity contribution in [2.75, 3.05) is 0 Å². The molecule has 0 aromatic rings. The molecule has 0 aliphatic rings. The van der Waals surface area contributed by atoms with E-state index in [1.807, 2.05) is 13.8 Å². The zero-order valence-corrected chi connectivity index (χ0v) is 7.47. The highest BCUT2D eigenvalue weighted by atomic mass is 16.1. The van der Waals surface area contributed by atoms with Crippen molar-refractivity contribution in [3.05, 3.63) is 11.6 Å². The van der Waals surface area contributed by atoms with E-state index in [0.29, 0.717) is 0 Å². The van der Waals surface area contributed by atoms with Gasteiger partial charge in [-0.15, -0.1) is 0 Å². The number of hydrogen-bond donors (Lipinski definition) is 0. The maximum Gasteiger partial charge on any atom is 0.144 e. The first-order chi connectivity index (χ1) is 4.95. The molecule has 0 aromatic carbocycles. The fraction of sp³-hybridized carbons (Fsp3) is 0.556. The molecule has 0 heterocycles.